The minimum atomic E-state index is -0.835. The molecule has 14 rings (SSSR count). The van der Waals surface area contributed by atoms with Crippen molar-refractivity contribution in [3.8, 4) is 46.0 Å². The third-order valence-corrected chi connectivity index (χ3v) is 29.0. The van der Waals surface area contributed by atoms with Crippen LogP contribution in [-0.4, -0.2) is 159 Å². The normalized spacial score (nSPS) is 19.0. The number of hydrogen-bond acceptors (Lipinski definition) is 20. The molecule has 7 fully saturated rings. The van der Waals surface area contributed by atoms with Crippen LogP contribution in [0.15, 0.2) is 164 Å². The number of aromatic hydroxyl groups is 1. The predicted molar refractivity (Wildman–Crippen MR) is 568 cm³/mol. The third-order valence-electron chi connectivity index (χ3n) is 29.0. The molecule has 0 saturated heterocycles. The number of hydrogen-bond donors (Lipinski definition) is 10. The van der Waals surface area contributed by atoms with E-state index >= 15 is 0 Å². The number of carbonyl (C=O) groups excluding carboxylic acids is 2. The van der Waals surface area contributed by atoms with Crippen molar-refractivity contribution in [2.45, 2.75) is 385 Å². The molecule has 20 heteroatoms. The van der Waals surface area contributed by atoms with Crippen molar-refractivity contribution >= 4 is 11.6 Å². The van der Waals surface area contributed by atoms with Crippen LogP contribution in [-0.2, 0) is 0 Å². The number of benzene rings is 7. The van der Waals surface area contributed by atoms with Crippen LogP contribution in [0, 0.1) is 41.4 Å². The van der Waals surface area contributed by atoms with Gasteiger partial charge in [0.15, 0.2) is 11.6 Å². The summed E-state index contributed by atoms with van der Waals surface area (Å²) in [5, 5.41) is 98.5. The van der Waals surface area contributed by atoms with Gasteiger partial charge >= 0.3 is 0 Å². The van der Waals surface area contributed by atoms with Gasteiger partial charge in [-0.1, -0.05) is 249 Å². The number of aliphatic hydroxyl groups excluding tert-OH is 9. The molecule has 0 spiro atoms. The molecule has 7 saturated carbocycles. The van der Waals surface area contributed by atoms with Gasteiger partial charge in [0, 0.05) is 36.6 Å². The van der Waals surface area contributed by atoms with Crippen LogP contribution in [0.4, 0.5) is 0 Å². The van der Waals surface area contributed by atoms with E-state index in [1.54, 1.807) is 12.1 Å². The second kappa shape index (κ2) is 69.0. The topological polar surface area (TPSA) is 304 Å². The smallest absolute Gasteiger partial charge is 0.164 e. The molecule has 0 aliphatic heterocycles. The van der Waals surface area contributed by atoms with Crippen molar-refractivity contribution in [3.05, 3.63) is 203 Å². The first kappa shape index (κ1) is 118. The first-order chi connectivity index (χ1) is 68.4. The Kier molecular flexibility index (Phi) is 57.8. The van der Waals surface area contributed by atoms with E-state index in [1.165, 1.54) is 193 Å². The average Bonchev–Trinajstić information content (AvgIpc) is 0.849. The van der Waals surface area contributed by atoms with E-state index in [4.69, 9.17) is 33.2 Å². The molecule has 0 unspecified atom stereocenters. The Morgan fingerprint density at radius 3 is 0.858 bits per heavy atom. The molecule has 7 aliphatic rings. The Balaban J connectivity index is 0.000000201. The molecule has 141 heavy (non-hydrogen) atoms. The van der Waals surface area contributed by atoms with Crippen molar-refractivity contribution in [3.63, 3.8) is 0 Å². The van der Waals surface area contributed by atoms with Crippen LogP contribution in [0.25, 0.3) is 0 Å². The number of unbranched alkanes of at least 4 members (excludes halogenated alkanes) is 1. The molecule has 0 radical (unpaired) electrons. The second-order valence-electron chi connectivity index (χ2n) is 41.4. The van der Waals surface area contributed by atoms with Gasteiger partial charge in [-0.15, -0.1) is 0 Å². The van der Waals surface area contributed by atoms with E-state index in [-0.39, 0.29) is 23.4 Å². The summed E-state index contributed by atoms with van der Waals surface area (Å²) in [5.74, 6) is 10.7. The van der Waals surface area contributed by atoms with Gasteiger partial charge in [-0.2, -0.15) is 0 Å². The first-order valence-corrected chi connectivity index (χ1v) is 55.1. The molecular weight excluding hydrogens is 1770 g/mol. The quantitative estimate of drug-likeness (QED) is 0.0159. The maximum atomic E-state index is 12.1. The van der Waals surface area contributed by atoms with Gasteiger partial charge in [-0.3, -0.25) is 9.59 Å². The Morgan fingerprint density at radius 1 is 0.298 bits per heavy atom. The van der Waals surface area contributed by atoms with Crippen molar-refractivity contribution in [2.75, 3.05) is 66.9 Å². The zero-order valence-electron chi connectivity index (χ0n) is 87.4. The Bertz CT molecular complexity index is 4250. The van der Waals surface area contributed by atoms with E-state index in [0.29, 0.717) is 98.9 Å². The standard InChI is InChI=1S/C18H27NO2.C18H26O2.5C17H26O3/c1-19(2)12-11-18(20)16-9-6-10-17(13-16)21-14-15-7-4-3-5-8-15;1-2-3-12-18(19)16-10-7-11-17(13-16)20-14-15-8-5-4-6-9-15;3*1-2-16(18)17(19)14-9-6-10-15(11-14)20-12-13-7-4-3-5-8-13;1-2-6-17(19)14-9-15(18)11-16(10-14)20-12-13-7-4-3-5-8-13;1-2-4-17(19)14-5-3-6-16(11-14)20-12-13-7-9-15(18)10-8-13/h6,9-10,13,15H,3-5,7-8,11-12,14H2,1-2H3;7,10-11,13,15H,2-6,8-9,12,14H2,1H3;3*6,9-11,13,16-19H,2-5,7-8,12H2,1H3;9-11,13,17-19H,2-8,12H2,1H3;3,5-6,11,13,15,17-19H,2,4,7-10,12H2,1H3/t;;16-,17+;2*16-,17-;17-;13?,15?,17-/m..11011/s1. The summed E-state index contributed by atoms with van der Waals surface area (Å²) in [5.41, 5.74) is 5.40. The van der Waals surface area contributed by atoms with E-state index in [2.05, 4.69) is 13.8 Å². The van der Waals surface area contributed by atoms with Crippen molar-refractivity contribution in [1.29, 1.82) is 0 Å². The monoisotopic (exact) mass is 1950 g/mol. The molecule has 786 valence electrons. The highest BCUT2D eigenvalue weighted by atomic mass is 16.5. The highest BCUT2D eigenvalue weighted by Crippen LogP contribution is 2.37. The summed E-state index contributed by atoms with van der Waals surface area (Å²) in [6.07, 6.45) is 45.5. The molecule has 0 bridgehead atoms. The first-order valence-electron chi connectivity index (χ1n) is 55.1. The fraction of sp³-hybridized carbons (Fsp3) is 0.636. The molecule has 7 aromatic carbocycles. The summed E-state index contributed by atoms with van der Waals surface area (Å²) in [6.45, 7) is 17.9. The summed E-state index contributed by atoms with van der Waals surface area (Å²) in [4.78, 5) is 26.2. The van der Waals surface area contributed by atoms with Gasteiger partial charge in [0.2, 0.25) is 0 Å². The van der Waals surface area contributed by atoms with Crippen LogP contribution in [0.1, 0.15) is 410 Å². The van der Waals surface area contributed by atoms with Crippen molar-refractivity contribution < 1.29 is 93.8 Å². The minimum absolute atomic E-state index is 0.112. The Labute approximate surface area is 847 Å². The largest absolute Gasteiger partial charge is 0.508 e. The zero-order chi connectivity index (χ0) is 101. The summed E-state index contributed by atoms with van der Waals surface area (Å²) >= 11 is 0. The van der Waals surface area contributed by atoms with E-state index in [9.17, 15) is 60.7 Å². The number of ketones is 2. The number of Topliss-reactive ketones (excluding diaryl/α,β-unsaturated/α-hetero) is 2. The number of phenols is 1. The minimum Gasteiger partial charge on any atom is -0.508 e. The van der Waals surface area contributed by atoms with Crippen LogP contribution >= 0.6 is 0 Å². The molecule has 20 nitrogen and oxygen atoms in total. The van der Waals surface area contributed by atoms with Gasteiger partial charge in [0.25, 0.3) is 0 Å². The average molecular weight is 1960 g/mol. The lowest BCUT2D eigenvalue weighted by Gasteiger charge is -2.25. The number of phenolic OH excluding ortho intramolecular Hbond substituents is 1. The summed E-state index contributed by atoms with van der Waals surface area (Å²) < 4.78 is 41.0. The SMILES string of the molecule is CCCCC(=O)c1cccc(OCC2CCCCC2)c1.CCC[C@@H](O)c1cc(O)cc(OCC2CCCCC2)c1.CCC[C@@H](O)c1cccc(OCC2CCC(O)CC2)c1.CC[C@@H](O)[C@@H](O)c1cccc(OCC2CCCCC2)c1.CC[C@@H](O)[C@H](O)c1cccc(OCC2CCCCC2)c1.CC[C@H](O)[C@@H](O)c1cccc(OCC2CCCCC2)c1.CN(C)CCC(=O)c1cccc(OCC2CCCCC2)c1. The van der Waals surface area contributed by atoms with E-state index in [1.807, 2.05) is 198 Å². The zero-order valence-corrected chi connectivity index (χ0v) is 87.4. The molecule has 8 atom stereocenters. The molecular formula is C121H183NO19. The molecule has 0 aromatic heterocycles. The van der Waals surface area contributed by atoms with E-state index < -0.39 is 48.8 Å². The maximum absolute atomic E-state index is 12.1. The third kappa shape index (κ3) is 46.9. The number of aliphatic hydroxyl groups is 9. The summed E-state index contributed by atoms with van der Waals surface area (Å²) in [6, 6.07) is 50.6. The fourth-order valence-electron chi connectivity index (χ4n) is 19.7. The number of ether oxygens (including phenoxy) is 7. The Hall–Kier alpha value is -8.12. The van der Waals surface area contributed by atoms with Gasteiger partial charge in [-0.25, -0.2) is 0 Å². The lowest BCUT2D eigenvalue weighted by Crippen LogP contribution is -2.22. The van der Waals surface area contributed by atoms with Crippen molar-refractivity contribution in [2.24, 2.45) is 41.4 Å². The van der Waals surface area contributed by atoms with Gasteiger partial charge in [0.05, 0.1) is 82.9 Å². The number of nitrogens with zero attached hydrogens (tertiary/aromatic N) is 1. The fourth-order valence-corrected chi connectivity index (χ4v) is 19.7. The van der Waals surface area contributed by atoms with Gasteiger partial charge in [-0.05, 0) is 310 Å². The summed E-state index contributed by atoms with van der Waals surface area (Å²) in [7, 11) is 3.97. The lowest BCUT2D eigenvalue weighted by atomic mass is 9.88. The highest BCUT2D eigenvalue weighted by molar-refractivity contribution is 5.97. The molecule has 7 aliphatic carbocycles. The molecule has 7 aromatic rings. The Morgan fingerprint density at radius 2 is 0.560 bits per heavy atom. The van der Waals surface area contributed by atoms with Crippen molar-refractivity contribution in [1.82, 2.24) is 4.90 Å². The van der Waals surface area contributed by atoms with E-state index in [0.717, 1.165) is 171 Å². The second-order valence-corrected chi connectivity index (χ2v) is 41.4. The molecule has 10 N–H and O–H groups in total. The maximum Gasteiger partial charge on any atom is 0.164 e. The molecule has 0 heterocycles. The van der Waals surface area contributed by atoms with Gasteiger partial charge in [0.1, 0.15) is 64.3 Å². The molecule has 0 amide bonds. The van der Waals surface area contributed by atoms with Crippen LogP contribution in [0.2, 0.25) is 0 Å². The lowest BCUT2D eigenvalue weighted by molar-refractivity contribution is 0.0163. The van der Waals surface area contributed by atoms with Crippen LogP contribution in [0.3, 0.4) is 0 Å². The predicted octanol–water partition coefficient (Wildman–Crippen LogP) is 26.8. The highest BCUT2D eigenvalue weighted by Gasteiger charge is 2.27. The van der Waals surface area contributed by atoms with Gasteiger partial charge < -0.3 is 89.1 Å². The number of carbonyl (C=O) groups is 2. The number of rotatable bonds is 44. The van der Waals surface area contributed by atoms with Crippen LogP contribution in [0.5, 0.6) is 46.0 Å². The van der Waals surface area contributed by atoms with Crippen LogP contribution < -0.4 is 33.2 Å².